The minimum Gasteiger partial charge on any atom is -0.348 e. The van der Waals surface area contributed by atoms with Crippen molar-refractivity contribution in [3.8, 4) is 0 Å². The number of nitrogens with zero attached hydrogens (tertiary/aromatic N) is 1. The van der Waals surface area contributed by atoms with Crippen LogP contribution in [0, 0.1) is 0 Å². The van der Waals surface area contributed by atoms with Crippen molar-refractivity contribution in [2.24, 2.45) is 0 Å². The number of hydrogen-bond donors (Lipinski definition) is 2. The predicted molar refractivity (Wildman–Crippen MR) is 103 cm³/mol. The van der Waals surface area contributed by atoms with Gasteiger partial charge in [0.25, 0.3) is 5.91 Å². The lowest BCUT2D eigenvalue weighted by Gasteiger charge is -2.10. The average Bonchev–Trinajstić information content (AvgIpc) is 2.57. The Bertz CT molecular complexity index is 1080. The molecule has 0 fully saturated rings. The van der Waals surface area contributed by atoms with Gasteiger partial charge in [-0.1, -0.05) is 29.8 Å². The maximum atomic E-state index is 12.6. The van der Waals surface area contributed by atoms with Gasteiger partial charge in [-0.25, -0.2) is 8.42 Å². The first-order valence-corrected chi connectivity index (χ1v) is 9.98. The van der Waals surface area contributed by atoms with Crippen molar-refractivity contribution in [2.75, 3.05) is 11.0 Å². The zero-order valence-electron chi connectivity index (χ0n) is 13.9. The van der Waals surface area contributed by atoms with E-state index in [-0.39, 0.29) is 12.5 Å². The number of amides is 1. The van der Waals surface area contributed by atoms with Crippen LogP contribution in [-0.2, 0) is 16.6 Å². The summed E-state index contributed by atoms with van der Waals surface area (Å²) in [4.78, 5) is 16.8. The highest BCUT2D eigenvalue weighted by Crippen LogP contribution is 2.22. The number of halogens is 1. The Morgan fingerprint density at radius 1 is 1.15 bits per heavy atom. The minimum atomic E-state index is -3.36. The summed E-state index contributed by atoms with van der Waals surface area (Å²) in [5.74, 6) is -0.308. The molecule has 134 valence electrons. The molecule has 3 rings (SSSR count). The second kappa shape index (κ2) is 7.31. The number of anilines is 1. The quantitative estimate of drug-likeness (QED) is 0.701. The van der Waals surface area contributed by atoms with E-state index in [0.29, 0.717) is 21.8 Å². The van der Waals surface area contributed by atoms with E-state index in [1.54, 1.807) is 48.7 Å². The number of sulfonamides is 1. The summed E-state index contributed by atoms with van der Waals surface area (Å²) in [5, 5.41) is 4.05. The first-order valence-electron chi connectivity index (χ1n) is 7.71. The summed E-state index contributed by atoms with van der Waals surface area (Å²) >= 11 is 6.09. The van der Waals surface area contributed by atoms with E-state index in [1.165, 1.54) is 0 Å². The van der Waals surface area contributed by atoms with Crippen molar-refractivity contribution >= 4 is 44.1 Å². The van der Waals surface area contributed by atoms with Gasteiger partial charge in [-0.15, -0.1) is 0 Å². The van der Waals surface area contributed by atoms with Gasteiger partial charge in [0.2, 0.25) is 10.0 Å². The fourth-order valence-electron chi connectivity index (χ4n) is 2.57. The van der Waals surface area contributed by atoms with Gasteiger partial charge in [0.05, 0.1) is 17.3 Å². The van der Waals surface area contributed by atoms with Crippen LogP contribution < -0.4 is 10.0 Å². The molecule has 8 heteroatoms. The number of rotatable bonds is 5. The van der Waals surface area contributed by atoms with Crippen LogP contribution in [0.25, 0.3) is 10.9 Å². The molecule has 2 aromatic carbocycles. The molecule has 3 aromatic rings. The van der Waals surface area contributed by atoms with E-state index in [4.69, 9.17) is 11.6 Å². The largest absolute Gasteiger partial charge is 0.348 e. The fraction of sp³-hybridized carbons (Fsp3) is 0.111. The van der Waals surface area contributed by atoms with E-state index in [1.807, 2.05) is 6.07 Å². The molecule has 1 aromatic heterocycles. The highest BCUT2D eigenvalue weighted by molar-refractivity contribution is 7.92. The van der Waals surface area contributed by atoms with Crippen LogP contribution in [0.4, 0.5) is 5.69 Å². The van der Waals surface area contributed by atoms with Gasteiger partial charge in [-0.05, 0) is 35.9 Å². The SMILES string of the molecule is CS(=O)(=O)Nc1cccc(CNC(=O)c2cc(Cl)cc3cccnc23)c1. The van der Waals surface area contributed by atoms with Crippen molar-refractivity contribution in [3.63, 3.8) is 0 Å². The molecule has 0 saturated heterocycles. The second-order valence-electron chi connectivity index (χ2n) is 5.79. The molecule has 0 spiro atoms. The molecule has 1 heterocycles. The summed E-state index contributed by atoms with van der Waals surface area (Å²) in [6.07, 6.45) is 2.70. The van der Waals surface area contributed by atoms with Crippen molar-refractivity contribution < 1.29 is 13.2 Å². The molecule has 0 unspecified atom stereocenters. The molecule has 0 aliphatic heterocycles. The normalized spacial score (nSPS) is 11.3. The molecule has 0 aliphatic rings. The molecule has 0 saturated carbocycles. The van der Waals surface area contributed by atoms with Crippen LogP contribution in [0.5, 0.6) is 0 Å². The maximum Gasteiger partial charge on any atom is 0.253 e. The standard InChI is InChI=1S/C18H16ClN3O3S/c1-26(24,25)22-15-6-2-4-12(8-15)11-21-18(23)16-10-14(19)9-13-5-3-7-20-17(13)16/h2-10,22H,11H2,1H3,(H,21,23). The Balaban J connectivity index is 1.79. The zero-order valence-corrected chi connectivity index (χ0v) is 15.4. The monoisotopic (exact) mass is 389 g/mol. The van der Waals surface area contributed by atoms with E-state index in [9.17, 15) is 13.2 Å². The Morgan fingerprint density at radius 3 is 2.73 bits per heavy atom. The lowest BCUT2D eigenvalue weighted by atomic mass is 10.1. The van der Waals surface area contributed by atoms with Gasteiger partial charge in [0.1, 0.15) is 0 Å². The summed E-state index contributed by atoms with van der Waals surface area (Å²) in [5.41, 5.74) is 2.15. The summed E-state index contributed by atoms with van der Waals surface area (Å²) in [6, 6.07) is 13.8. The van der Waals surface area contributed by atoms with Crippen LogP contribution in [0.3, 0.4) is 0 Å². The van der Waals surface area contributed by atoms with Crippen LogP contribution in [0.1, 0.15) is 15.9 Å². The van der Waals surface area contributed by atoms with Crippen LogP contribution in [0.2, 0.25) is 5.02 Å². The van der Waals surface area contributed by atoms with Gasteiger partial charge >= 0.3 is 0 Å². The molecule has 6 nitrogen and oxygen atoms in total. The smallest absolute Gasteiger partial charge is 0.253 e. The van der Waals surface area contributed by atoms with Crippen molar-refractivity contribution in [3.05, 3.63) is 70.9 Å². The number of fused-ring (bicyclic) bond motifs is 1. The third kappa shape index (κ3) is 4.50. The maximum absolute atomic E-state index is 12.6. The first kappa shape index (κ1) is 18.2. The molecule has 1 amide bonds. The number of aromatic nitrogens is 1. The highest BCUT2D eigenvalue weighted by Gasteiger charge is 2.12. The van der Waals surface area contributed by atoms with Gasteiger partial charge in [-0.2, -0.15) is 0 Å². The second-order valence-corrected chi connectivity index (χ2v) is 7.97. The number of hydrogen-bond acceptors (Lipinski definition) is 4. The summed E-state index contributed by atoms with van der Waals surface area (Å²) in [7, 11) is -3.36. The number of carbonyl (C=O) groups is 1. The third-order valence-corrected chi connectivity index (χ3v) is 4.42. The Labute approximate surface area is 156 Å². The van der Waals surface area contributed by atoms with Crippen molar-refractivity contribution in [1.29, 1.82) is 0 Å². The predicted octanol–water partition coefficient (Wildman–Crippen LogP) is 3.19. The fourth-order valence-corrected chi connectivity index (χ4v) is 3.35. The topological polar surface area (TPSA) is 88.2 Å². The number of benzene rings is 2. The molecule has 0 atom stereocenters. The number of carbonyl (C=O) groups excluding carboxylic acids is 1. The van der Waals surface area contributed by atoms with Gasteiger partial charge in [-0.3, -0.25) is 14.5 Å². The molecule has 2 N–H and O–H groups in total. The van der Waals surface area contributed by atoms with Crippen LogP contribution >= 0.6 is 11.6 Å². The molecular formula is C18H16ClN3O3S. The third-order valence-electron chi connectivity index (χ3n) is 3.60. The molecule has 0 radical (unpaired) electrons. The van der Waals surface area contributed by atoms with Crippen LogP contribution in [0.15, 0.2) is 54.7 Å². The number of pyridine rings is 1. The molecule has 0 bridgehead atoms. The van der Waals surface area contributed by atoms with E-state index in [2.05, 4.69) is 15.0 Å². The lowest BCUT2D eigenvalue weighted by Crippen LogP contribution is -2.23. The van der Waals surface area contributed by atoms with E-state index in [0.717, 1.165) is 17.2 Å². The Kier molecular flexibility index (Phi) is 5.11. The summed E-state index contributed by atoms with van der Waals surface area (Å²) < 4.78 is 25.0. The van der Waals surface area contributed by atoms with E-state index < -0.39 is 10.0 Å². The Hall–Kier alpha value is -2.64. The van der Waals surface area contributed by atoms with E-state index >= 15 is 0 Å². The highest BCUT2D eigenvalue weighted by atomic mass is 35.5. The van der Waals surface area contributed by atoms with Crippen molar-refractivity contribution in [2.45, 2.75) is 6.54 Å². The number of nitrogens with one attached hydrogen (secondary N) is 2. The van der Waals surface area contributed by atoms with Gasteiger partial charge in [0.15, 0.2) is 0 Å². The molecule has 0 aliphatic carbocycles. The summed E-state index contributed by atoms with van der Waals surface area (Å²) in [6.45, 7) is 0.235. The van der Waals surface area contributed by atoms with Crippen molar-refractivity contribution in [1.82, 2.24) is 10.3 Å². The lowest BCUT2D eigenvalue weighted by molar-refractivity contribution is 0.0952. The minimum absolute atomic E-state index is 0.235. The average molecular weight is 390 g/mol. The Morgan fingerprint density at radius 2 is 1.96 bits per heavy atom. The first-order chi connectivity index (χ1) is 12.3. The van der Waals surface area contributed by atoms with Gasteiger partial charge in [0, 0.05) is 28.8 Å². The van der Waals surface area contributed by atoms with Crippen LogP contribution in [-0.4, -0.2) is 25.6 Å². The molecule has 26 heavy (non-hydrogen) atoms. The molecular weight excluding hydrogens is 374 g/mol. The zero-order chi connectivity index (χ0) is 18.7. The van der Waals surface area contributed by atoms with Gasteiger partial charge < -0.3 is 5.32 Å².